The minimum absolute atomic E-state index is 0.151. The Bertz CT molecular complexity index is 1320. The summed E-state index contributed by atoms with van der Waals surface area (Å²) in [5, 5.41) is 0. The summed E-state index contributed by atoms with van der Waals surface area (Å²) in [4.78, 5) is 44.2. The average Bonchev–Trinajstić information content (AvgIpc) is 2.97. The van der Waals surface area contributed by atoms with E-state index in [1.807, 2.05) is 121 Å². The number of carbonyl (C=O) groups excluding carboxylic acids is 2. The molecule has 4 aromatic rings. The first-order valence-electron chi connectivity index (χ1n) is 12.3. The van der Waals surface area contributed by atoms with Gasteiger partial charge in [-0.2, -0.15) is 20.0 Å². The van der Waals surface area contributed by atoms with Crippen molar-refractivity contribution in [3.05, 3.63) is 144 Å². The first-order chi connectivity index (χ1) is 18.7. The number of rotatable bonds is 4. The van der Waals surface area contributed by atoms with Gasteiger partial charge in [0.15, 0.2) is 0 Å². The topological polar surface area (TPSA) is 83.6 Å². The Labute approximate surface area is 220 Å². The summed E-state index contributed by atoms with van der Waals surface area (Å²) in [6.45, 7) is 0. The van der Waals surface area contributed by atoms with E-state index in [1.165, 1.54) is 0 Å². The molecule has 0 N–H and O–H groups in total. The van der Waals surface area contributed by atoms with Gasteiger partial charge in [0, 0.05) is 12.8 Å². The maximum absolute atomic E-state index is 13.3. The van der Waals surface area contributed by atoms with Gasteiger partial charge < -0.3 is 0 Å². The summed E-state index contributed by atoms with van der Waals surface area (Å²) in [6.07, 6.45) is 0.301. The number of hydrogen-bond donors (Lipinski definition) is 0. The molecule has 6 heteroatoms. The van der Waals surface area contributed by atoms with Gasteiger partial charge in [-0.05, 0) is 22.3 Å². The number of aliphatic imine (C=N–C) groups is 4. The molecule has 1 aliphatic rings. The molecule has 0 atom stereocenters. The van der Waals surface area contributed by atoms with Crippen molar-refractivity contribution in [1.29, 1.82) is 0 Å². The minimum Gasteiger partial charge on any atom is -0.244 e. The highest BCUT2D eigenvalue weighted by Crippen LogP contribution is 2.17. The van der Waals surface area contributed by atoms with Crippen LogP contribution in [-0.4, -0.2) is 34.9 Å². The third-order valence-electron chi connectivity index (χ3n) is 6.02. The zero-order valence-corrected chi connectivity index (χ0v) is 20.6. The van der Waals surface area contributed by atoms with Crippen LogP contribution >= 0.6 is 0 Å². The Morgan fingerprint density at radius 1 is 0.342 bits per heavy atom. The molecule has 0 radical (unpaired) electrons. The third-order valence-corrected chi connectivity index (χ3v) is 6.02. The predicted octanol–water partition coefficient (Wildman–Crippen LogP) is 6.98. The van der Waals surface area contributed by atoms with Gasteiger partial charge in [0.1, 0.15) is 0 Å². The molecule has 0 aromatic heterocycles. The number of carbonyl (C=O) groups is 2. The molecule has 0 fully saturated rings. The van der Waals surface area contributed by atoms with Gasteiger partial charge in [0.05, 0.1) is 22.8 Å². The molecule has 0 spiro atoms. The summed E-state index contributed by atoms with van der Waals surface area (Å²) in [6, 6.07) is 36.3. The lowest BCUT2D eigenvalue weighted by molar-refractivity contribution is 0.256. The molecule has 4 amide bonds. The second-order valence-corrected chi connectivity index (χ2v) is 8.62. The van der Waals surface area contributed by atoms with Crippen LogP contribution in [0, 0.1) is 0 Å². The fraction of sp³-hybridized carbons (Fsp3) is 0.0625. The van der Waals surface area contributed by atoms with Gasteiger partial charge in [-0.1, -0.05) is 121 Å². The smallest absolute Gasteiger partial charge is 0.244 e. The first-order valence-corrected chi connectivity index (χ1v) is 12.3. The lowest BCUT2D eigenvalue weighted by Crippen LogP contribution is -2.17. The van der Waals surface area contributed by atoms with Crippen LogP contribution in [-0.2, 0) is 0 Å². The zero-order valence-electron chi connectivity index (χ0n) is 20.6. The number of amides is 4. The van der Waals surface area contributed by atoms with Crippen molar-refractivity contribution < 1.29 is 9.59 Å². The van der Waals surface area contributed by atoms with E-state index in [-0.39, 0.29) is 12.8 Å². The van der Waals surface area contributed by atoms with Crippen LogP contribution in [0.4, 0.5) is 9.59 Å². The third kappa shape index (κ3) is 6.17. The quantitative estimate of drug-likeness (QED) is 0.305. The van der Waals surface area contributed by atoms with Gasteiger partial charge >= 0.3 is 12.1 Å². The van der Waals surface area contributed by atoms with Crippen LogP contribution in [0.3, 0.4) is 0 Å². The fourth-order valence-electron chi connectivity index (χ4n) is 4.18. The number of urea groups is 2. The molecule has 1 heterocycles. The molecular formula is C32H24N4O2. The molecule has 1 aliphatic heterocycles. The van der Waals surface area contributed by atoms with Crippen molar-refractivity contribution in [3.63, 3.8) is 0 Å². The largest absolute Gasteiger partial charge is 0.367 e. The standard InChI is InChI=1S/C32H24N4O2/c37-31-33-27(23-13-5-1-6-14-23)21-28(24-15-7-2-8-16-24)34-32(38)36-30(26-19-11-4-12-20-26)22-29(35-31)25-17-9-3-10-18-25/h1-20H,21-22H2/b33-27-,34-28-,35-29+,36-30+. The molecule has 0 unspecified atom stereocenters. The van der Waals surface area contributed by atoms with E-state index >= 15 is 0 Å². The maximum Gasteiger partial charge on any atom is 0.367 e. The number of benzene rings is 4. The maximum atomic E-state index is 13.3. The SMILES string of the molecule is O=C1/N=C(\c2ccccc2)C/C(c2ccccc2)=N/C(=O)/N=C(/c2ccccc2)C/C(c2ccccc2)=N\1. The minimum atomic E-state index is -0.630. The Hall–Kier alpha value is -5.10. The van der Waals surface area contributed by atoms with Crippen molar-refractivity contribution in [1.82, 2.24) is 0 Å². The summed E-state index contributed by atoms with van der Waals surface area (Å²) >= 11 is 0. The van der Waals surface area contributed by atoms with E-state index in [9.17, 15) is 9.59 Å². The van der Waals surface area contributed by atoms with Gasteiger partial charge in [-0.3, -0.25) is 0 Å². The van der Waals surface area contributed by atoms with Crippen molar-refractivity contribution in [2.75, 3.05) is 0 Å². The van der Waals surface area contributed by atoms with Gasteiger partial charge in [0.2, 0.25) is 0 Å². The summed E-state index contributed by atoms with van der Waals surface area (Å²) in [5.41, 5.74) is 4.87. The van der Waals surface area contributed by atoms with Gasteiger partial charge in [0.25, 0.3) is 0 Å². The lowest BCUT2D eigenvalue weighted by Gasteiger charge is -2.12. The van der Waals surface area contributed by atoms with E-state index in [0.29, 0.717) is 22.8 Å². The van der Waals surface area contributed by atoms with Crippen LogP contribution in [0.2, 0.25) is 0 Å². The number of nitrogens with zero attached hydrogens (tertiary/aromatic N) is 4. The molecule has 38 heavy (non-hydrogen) atoms. The molecule has 0 bridgehead atoms. The van der Waals surface area contributed by atoms with Gasteiger partial charge in [-0.25, -0.2) is 9.59 Å². The molecule has 0 saturated heterocycles. The molecular weight excluding hydrogens is 472 g/mol. The van der Waals surface area contributed by atoms with E-state index in [4.69, 9.17) is 0 Å². The highest BCUT2D eigenvalue weighted by Gasteiger charge is 2.18. The number of hydrogen-bond acceptors (Lipinski definition) is 2. The molecule has 5 rings (SSSR count). The highest BCUT2D eigenvalue weighted by atomic mass is 16.2. The van der Waals surface area contributed by atoms with Crippen LogP contribution in [0.15, 0.2) is 141 Å². The normalized spacial score (nSPS) is 20.3. The Balaban J connectivity index is 1.69. The van der Waals surface area contributed by atoms with Crippen molar-refractivity contribution in [3.8, 4) is 0 Å². The Morgan fingerprint density at radius 2 is 0.553 bits per heavy atom. The molecule has 4 aromatic carbocycles. The second kappa shape index (κ2) is 11.8. The fourth-order valence-corrected chi connectivity index (χ4v) is 4.18. The molecule has 0 aliphatic carbocycles. The van der Waals surface area contributed by atoms with Crippen molar-refractivity contribution in [2.24, 2.45) is 20.0 Å². The van der Waals surface area contributed by atoms with Crippen LogP contribution in [0.1, 0.15) is 35.1 Å². The zero-order chi connectivity index (χ0) is 26.2. The lowest BCUT2D eigenvalue weighted by atomic mass is 9.99. The Morgan fingerprint density at radius 3 is 0.763 bits per heavy atom. The van der Waals surface area contributed by atoms with E-state index in [2.05, 4.69) is 20.0 Å². The average molecular weight is 497 g/mol. The van der Waals surface area contributed by atoms with Crippen LogP contribution in [0.5, 0.6) is 0 Å². The monoisotopic (exact) mass is 496 g/mol. The first kappa shape index (κ1) is 24.6. The summed E-state index contributed by atoms with van der Waals surface area (Å²) < 4.78 is 0. The Kier molecular flexibility index (Phi) is 7.61. The van der Waals surface area contributed by atoms with E-state index < -0.39 is 12.1 Å². The van der Waals surface area contributed by atoms with Gasteiger partial charge in [-0.15, -0.1) is 0 Å². The van der Waals surface area contributed by atoms with E-state index in [0.717, 1.165) is 22.3 Å². The molecule has 184 valence electrons. The predicted molar refractivity (Wildman–Crippen MR) is 152 cm³/mol. The molecule has 0 saturated carbocycles. The summed E-state index contributed by atoms with van der Waals surface area (Å²) in [7, 11) is 0. The van der Waals surface area contributed by atoms with Crippen molar-refractivity contribution in [2.45, 2.75) is 12.8 Å². The second-order valence-electron chi connectivity index (χ2n) is 8.62. The van der Waals surface area contributed by atoms with Crippen LogP contribution < -0.4 is 0 Å². The summed E-state index contributed by atoms with van der Waals surface area (Å²) in [5.74, 6) is 0. The van der Waals surface area contributed by atoms with Crippen molar-refractivity contribution >= 4 is 34.9 Å². The highest BCUT2D eigenvalue weighted by molar-refractivity contribution is 6.25. The van der Waals surface area contributed by atoms with E-state index in [1.54, 1.807) is 0 Å². The molecule has 6 nitrogen and oxygen atoms in total. The van der Waals surface area contributed by atoms with Crippen LogP contribution in [0.25, 0.3) is 0 Å².